The summed E-state index contributed by atoms with van der Waals surface area (Å²) >= 11 is 0. The van der Waals surface area contributed by atoms with E-state index >= 15 is 0 Å². The number of ketones is 1. The van der Waals surface area contributed by atoms with Crippen LogP contribution in [0.1, 0.15) is 105 Å². The number of para-hydroxylation sites is 1. The number of benzene rings is 3. The Bertz CT molecular complexity index is 2220. The van der Waals surface area contributed by atoms with Crippen LogP contribution >= 0.6 is 0 Å². The second-order valence-corrected chi connectivity index (χ2v) is 15.5. The summed E-state index contributed by atoms with van der Waals surface area (Å²) in [5.74, 6) is 1.82. The zero-order valence-corrected chi connectivity index (χ0v) is 35.1. The fourth-order valence-electron chi connectivity index (χ4n) is 6.66. The molecule has 0 saturated heterocycles. The molecule has 6 aromatic rings. The van der Waals surface area contributed by atoms with Gasteiger partial charge in [0.05, 0.1) is 0 Å². The Hall–Kier alpha value is -3.99. The van der Waals surface area contributed by atoms with Gasteiger partial charge >= 0.3 is 0 Å². The first-order valence-corrected chi connectivity index (χ1v) is 18.4. The van der Waals surface area contributed by atoms with E-state index in [0.29, 0.717) is 0 Å². The van der Waals surface area contributed by atoms with Gasteiger partial charge in [0.25, 0.3) is 0 Å². The van der Waals surface area contributed by atoms with E-state index in [1.54, 1.807) is 0 Å². The quantitative estimate of drug-likeness (QED) is 0.0889. The third kappa shape index (κ3) is 7.70. The van der Waals surface area contributed by atoms with Gasteiger partial charge in [-0.25, -0.2) is 0 Å². The van der Waals surface area contributed by atoms with Gasteiger partial charge in [0.2, 0.25) is 0 Å². The number of aryl methyl sites for hydroxylation is 2. The molecule has 0 atom stereocenters. The molecule has 6 rings (SSSR count). The SMILES string of the molecule is CCC(C)(CC)C(=O)/C=C(\O)C(C)(CC)CC.Cc1c(-c2oc3ccnc(-c4[c-]c5ccccc5c(C(C)(C)C)c4)c3c2C)oc2ccccc12.[Ir]. The van der Waals surface area contributed by atoms with Crippen LogP contribution in [0, 0.1) is 30.7 Å². The molecule has 3 aromatic heterocycles. The predicted molar refractivity (Wildman–Crippen MR) is 212 cm³/mol. The molecule has 0 amide bonds. The second-order valence-electron chi connectivity index (χ2n) is 15.5. The summed E-state index contributed by atoms with van der Waals surface area (Å²) in [7, 11) is 0. The smallest absolute Gasteiger partial charge is 0.173 e. The van der Waals surface area contributed by atoms with E-state index in [1.807, 2.05) is 72.0 Å². The molecule has 52 heavy (non-hydrogen) atoms. The molecular weight excluding hydrogens is 823 g/mol. The summed E-state index contributed by atoms with van der Waals surface area (Å²) in [6.07, 6.45) is 6.57. The van der Waals surface area contributed by atoms with E-state index in [4.69, 9.17) is 13.8 Å². The van der Waals surface area contributed by atoms with Gasteiger partial charge in [-0.05, 0) is 57.1 Å². The molecule has 0 spiro atoms. The predicted octanol–water partition coefficient (Wildman–Crippen LogP) is 13.4. The average molecular weight is 877 g/mol. The summed E-state index contributed by atoms with van der Waals surface area (Å²) in [6.45, 7) is 23.0. The fraction of sp³-hybridized carbons (Fsp3) is 0.391. The average Bonchev–Trinajstić information content (AvgIpc) is 3.65. The maximum atomic E-state index is 12.2. The molecule has 6 heteroatoms. The van der Waals surface area contributed by atoms with E-state index in [-0.39, 0.29) is 47.9 Å². The molecule has 0 aliphatic carbocycles. The summed E-state index contributed by atoms with van der Waals surface area (Å²) in [5.41, 5.74) is 6.31. The Morgan fingerprint density at radius 3 is 1.92 bits per heavy atom. The zero-order chi connectivity index (χ0) is 37.3. The molecule has 0 fully saturated rings. The summed E-state index contributed by atoms with van der Waals surface area (Å²) in [6, 6.07) is 24.4. The standard InChI is InChI=1S/C31H26NO2.C15H28O2.Ir/c1-18-22-11-8-9-13-25(22)33-29(18)30-19(2)27-26(34-30)14-15-32-28(27)21-16-20-10-6-7-12-23(20)24(17-21)31(3,4)5;1-7-14(5,8-2)12(16)11-13(17)15(6,9-3)10-4;/h6-15,17H,1-5H3;11,16H,7-10H2,1-6H3;/q-1;;/b;12-11-;. The van der Waals surface area contributed by atoms with Crippen molar-refractivity contribution in [2.45, 2.75) is 107 Å². The van der Waals surface area contributed by atoms with Gasteiger partial charge in [0.15, 0.2) is 17.3 Å². The Kier molecular flexibility index (Phi) is 12.5. The van der Waals surface area contributed by atoms with Crippen molar-refractivity contribution in [2.24, 2.45) is 10.8 Å². The number of nitrogens with zero attached hydrogens (tertiary/aromatic N) is 1. The Labute approximate surface area is 323 Å². The number of aliphatic hydroxyl groups is 1. The maximum absolute atomic E-state index is 12.2. The van der Waals surface area contributed by atoms with Crippen molar-refractivity contribution in [3.8, 4) is 22.8 Å². The van der Waals surface area contributed by atoms with Crippen molar-refractivity contribution in [3.05, 3.63) is 101 Å². The molecule has 1 N–H and O–H groups in total. The number of carbonyl (C=O) groups is 1. The minimum absolute atomic E-state index is 0. The van der Waals surface area contributed by atoms with Crippen LogP contribution in [0.3, 0.4) is 0 Å². The van der Waals surface area contributed by atoms with E-state index in [0.717, 1.165) is 86.9 Å². The Morgan fingerprint density at radius 1 is 0.769 bits per heavy atom. The molecule has 3 heterocycles. The van der Waals surface area contributed by atoms with Gasteiger partial charge < -0.3 is 13.9 Å². The second kappa shape index (κ2) is 15.9. The van der Waals surface area contributed by atoms with E-state index in [2.05, 4.69) is 77.1 Å². The van der Waals surface area contributed by atoms with E-state index < -0.39 is 0 Å². The van der Waals surface area contributed by atoms with Crippen molar-refractivity contribution >= 4 is 38.5 Å². The van der Waals surface area contributed by atoms with Crippen molar-refractivity contribution < 1.29 is 38.8 Å². The fourth-order valence-corrected chi connectivity index (χ4v) is 6.66. The molecule has 5 nitrogen and oxygen atoms in total. The molecule has 0 aliphatic heterocycles. The maximum Gasteiger partial charge on any atom is 0.173 e. The number of carbonyl (C=O) groups excluding carboxylic acids is 1. The van der Waals surface area contributed by atoms with Crippen LogP contribution < -0.4 is 0 Å². The Balaban J connectivity index is 0.000000289. The third-order valence-electron chi connectivity index (χ3n) is 11.3. The number of hydrogen-bond donors (Lipinski definition) is 1. The van der Waals surface area contributed by atoms with Crippen molar-refractivity contribution in [1.82, 2.24) is 4.98 Å². The van der Waals surface area contributed by atoms with Crippen LogP contribution in [0.2, 0.25) is 0 Å². The van der Waals surface area contributed by atoms with Crippen LogP contribution in [0.5, 0.6) is 0 Å². The van der Waals surface area contributed by atoms with Crippen LogP contribution in [0.4, 0.5) is 0 Å². The first-order valence-electron chi connectivity index (χ1n) is 18.4. The van der Waals surface area contributed by atoms with E-state index in [1.165, 1.54) is 17.0 Å². The largest absolute Gasteiger partial charge is 0.512 e. The molecular formula is C46H54IrNO4-. The van der Waals surface area contributed by atoms with Crippen LogP contribution in [-0.2, 0) is 30.3 Å². The van der Waals surface area contributed by atoms with Gasteiger partial charge in [0, 0.05) is 70.8 Å². The van der Waals surface area contributed by atoms with Crippen molar-refractivity contribution in [3.63, 3.8) is 0 Å². The van der Waals surface area contributed by atoms with Gasteiger partial charge in [-0.3, -0.25) is 9.78 Å². The van der Waals surface area contributed by atoms with Crippen LogP contribution in [0.15, 0.2) is 87.5 Å². The summed E-state index contributed by atoms with van der Waals surface area (Å²) < 4.78 is 12.6. The normalized spacial score (nSPS) is 12.6. The first-order chi connectivity index (χ1) is 24.1. The van der Waals surface area contributed by atoms with E-state index in [9.17, 15) is 9.90 Å². The third-order valence-corrected chi connectivity index (χ3v) is 11.3. The monoisotopic (exact) mass is 877 g/mol. The number of hydrogen-bond acceptors (Lipinski definition) is 5. The summed E-state index contributed by atoms with van der Waals surface area (Å²) in [4.78, 5) is 17.0. The van der Waals surface area contributed by atoms with Crippen LogP contribution in [-0.4, -0.2) is 15.9 Å². The minimum atomic E-state index is -0.337. The zero-order valence-electron chi connectivity index (χ0n) is 32.7. The van der Waals surface area contributed by atoms with Crippen molar-refractivity contribution in [1.29, 1.82) is 0 Å². The van der Waals surface area contributed by atoms with Crippen LogP contribution in [0.25, 0.3) is 55.5 Å². The van der Waals surface area contributed by atoms with Gasteiger partial charge in [-0.2, -0.15) is 0 Å². The van der Waals surface area contributed by atoms with Gasteiger partial charge in [-0.1, -0.05) is 110 Å². The molecule has 0 aliphatic rings. The number of rotatable bonds is 9. The molecule has 1 radical (unpaired) electrons. The van der Waals surface area contributed by atoms with Crippen molar-refractivity contribution in [2.75, 3.05) is 0 Å². The molecule has 0 unspecified atom stereocenters. The van der Waals surface area contributed by atoms with Gasteiger partial charge in [-0.15, -0.1) is 29.1 Å². The number of pyridine rings is 1. The Morgan fingerprint density at radius 2 is 1.33 bits per heavy atom. The molecule has 3 aromatic carbocycles. The number of allylic oxidation sites excluding steroid dienone is 2. The number of aromatic nitrogens is 1. The topological polar surface area (TPSA) is 76.5 Å². The first kappa shape index (κ1) is 40.8. The minimum Gasteiger partial charge on any atom is -0.512 e. The van der Waals surface area contributed by atoms with Gasteiger partial charge in [0.1, 0.15) is 16.9 Å². The molecule has 0 saturated carbocycles. The number of furan rings is 2. The number of aliphatic hydroxyl groups excluding tert-OH is 1. The summed E-state index contributed by atoms with van der Waals surface area (Å²) in [5, 5.41) is 14.6. The number of fused-ring (bicyclic) bond motifs is 3. The molecule has 0 bridgehead atoms. The molecule has 277 valence electrons.